The molecular formula is C55H76ClN17O13. The second-order valence-corrected chi connectivity index (χ2v) is 21.2. The van der Waals surface area contributed by atoms with Gasteiger partial charge in [0.15, 0.2) is 5.96 Å². The first-order chi connectivity index (χ1) is 40.6. The maximum atomic E-state index is 14.4. The molecular weight excluding hydrogens is 1140 g/mol. The van der Waals surface area contributed by atoms with Crippen molar-refractivity contribution in [2.75, 3.05) is 32.8 Å². The van der Waals surface area contributed by atoms with Crippen molar-refractivity contribution in [1.29, 1.82) is 0 Å². The number of hydrogen-bond acceptors (Lipinski definition) is 15. The van der Waals surface area contributed by atoms with E-state index in [0.717, 1.165) is 0 Å². The SMILES string of the molecule is CC(C)CC(NC(=O)CNC(=O)C(Cc1ccc(O)cc1)NC(=O)C(CO)NC(=O)C(Cc1c[nH]c2ccccc12)NC(=O)C(Cc1cnc[nH]1)NC(=O)C1CCC(=O)N1)C(=O)NC(CCCN=C(N)N)C(=O)N1CCCC1C(=O)NCC(N)=O.[Cl-].[H+]. The highest BCUT2D eigenvalue weighted by Crippen LogP contribution is 2.22. The topological polar surface area (TPSA) is 475 Å². The number of benzene rings is 2. The summed E-state index contributed by atoms with van der Waals surface area (Å²) in [6.45, 7) is 1.62. The average molecular weight is 1220 g/mol. The quantitative estimate of drug-likeness (QED) is 0.0126. The average Bonchev–Trinajstić information content (AvgIpc) is 3.12. The molecule has 2 fully saturated rings. The van der Waals surface area contributed by atoms with Crippen LogP contribution in [0.1, 0.15) is 77.0 Å². The first-order valence-electron chi connectivity index (χ1n) is 27.8. The highest BCUT2D eigenvalue weighted by Gasteiger charge is 2.39. The lowest BCUT2D eigenvalue weighted by molar-refractivity contribution is -0.142. The van der Waals surface area contributed by atoms with E-state index < -0.39 is 127 Å². The number of phenols is 1. The van der Waals surface area contributed by atoms with Crippen LogP contribution in [-0.2, 0) is 72.0 Å². The van der Waals surface area contributed by atoms with Crippen molar-refractivity contribution in [3.63, 3.8) is 0 Å². The van der Waals surface area contributed by atoms with Crippen molar-refractivity contribution < 1.29 is 76.8 Å². The number of guanidine groups is 1. The number of rotatable bonds is 31. The molecule has 2 aliphatic rings. The second-order valence-electron chi connectivity index (χ2n) is 21.2. The number of aliphatic hydroxyl groups is 1. The lowest BCUT2D eigenvalue weighted by Gasteiger charge is -2.30. The summed E-state index contributed by atoms with van der Waals surface area (Å²) in [6, 6.07) is 2.37. The summed E-state index contributed by atoms with van der Waals surface area (Å²) >= 11 is 0. The number of phenolic OH excluding ortho intramolecular Hbond substituents is 1. The van der Waals surface area contributed by atoms with Crippen molar-refractivity contribution >= 4 is 81.8 Å². The molecule has 4 heterocycles. The van der Waals surface area contributed by atoms with Crippen LogP contribution in [0.15, 0.2) is 72.2 Å². The number of aliphatic imine (C=N–C) groups is 1. The van der Waals surface area contributed by atoms with E-state index in [1.165, 1.54) is 41.7 Å². The molecule has 0 bridgehead atoms. The predicted molar refractivity (Wildman–Crippen MR) is 306 cm³/mol. The number of primary amides is 1. The number of H-pyrrole nitrogens is 2. The lowest BCUT2D eigenvalue weighted by atomic mass is 10.0. The van der Waals surface area contributed by atoms with Crippen LogP contribution in [0.3, 0.4) is 0 Å². The number of carbonyl (C=O) groups excluding carboxylic acids is 11. The standard InChI is InChI=1S/C55H75N17O13.ClH/c1-29(2)19-38(49(80)67-37(9-5-17-60-55(57)58)54(85)72-18-6-10-43(72)53(84)62-25-44(56)75)66-46(77)26-63-47(78)39(20-30-11-13-33(74)14-12-30)68-52(83)42(27-73)71-50(81)40(21-31-23-61-35-8-4-3-7-34(31)35)69-51(82)41(22-32-24-59-28-64-32)70-48(79)36-15-16-45(76)65-36;/h3-4,7-8,11-14,23-24,28-29,36-43,61,73-74H,5-6,9-10,15-22,25-27H2,1-2H3,(H2,56,75)(H,59,64)(H,62,84)(H,63,78)(H,65,76)(H,66,77)(H,67,80)(H,68,83)(H,69,82)(H,70,79)(H,71,81)(H4,57,58,60);1H. The first-order valence-corrected chi connectivity index (χ1v) is 27.8. The van der Waals surface area contributed by atoms with Crippen molar-refractivity contribution in [2.45, 2.75) is 126 Å². The molecule has 2 saturated heterocycles. The zero-order valence-corrected chi connectivity index (χ0v) is 48.2. The number of nitrogens with one attached hydrogen (secondary N) is 11. The molecule has 0 saturated carbocycles. The Kier molecular flexibility index (Phi) is 25.6. The number of aromatic hydroxyl groups is 1. The first kappa shape index (κ1) is 67.5. The molecule has 2 aliphatic heterocycles. The Hall–Kier alpha value is -9.32. The van der Waals surface area contributed by atoms with Gasteiger partial charge in [-0.2, -0.15) is 0 Å². The third-order valence-corrected chi connectivity index (χ3v) is 14.1. The highest BCUT2D eigenvalue weighted by molar-refractivity contribution is 5.99. The zero-order valence-electron chi connectivity index (χ0n) is 48.5. The van der Waals surface area contributed by atoms with Crippen LogP contribution < -0.4 is 77.5 Å². The molecule has 30 nitrogen and oxygen atoms in total. The molecule has 8 atom stereocenters. The van der Waals surface area contributed by atoms with E-state index in [1.807, 2.05) is 0 Å². The molecule has 19 N–H and O–H groups in total. The maximum Gasteiger partial charge on any atom is 1.00 e. The van der Waals surface area contributed by atoms with Crippen molar-refractivity contribution in [3.05, 3.63) is 84.1 Å². The van der Waals surface area contributed by atoms with Gasteiger partial charge in [0.05, 0.1) is 26.0 Å². The Morgan fingerprint density at radius 3 is 2.03 bits per heavy atom. The van der Waals surface area contributed by atoms with Gasteiger partial charge < -0.3 is 103 Å². The van der Waals surface area contributed by atoms with Gasteiger partial charge in [-0.05, 0) is 73.8 Å². The number of nitrogens with two attached hydrogens (primary N) is 3. The molecule has 4 aromatic rings. The van der Waals surface area contributed by atoms with E-state index >= 15 is 0 Å². The summed E-state index contributed by atoms with van der Waals surface area (Å²) in [5, 5.41) is 44.5. The molecule has 31 heteroatoms. The minimum absolute atomic E-state index is 0. The molecule has 8 unspecified atom stereocenters. The van der Waals surface area contributed by atoms with Crippen molar-refractivity contribution in [3.8, 4) is 5.75 Å². The molecule has 0 radical (unpaired) electrons. The van der Waals surface area contributed by atoms with Gasteiger partial charge in [-0.15, -0.1) is 0 Å². The molecule has 11 amide bonds. The van der Waals surface area contributed by atoms with Gasteiger partial charge in [0, 0.05) is 67.8 Å². The lowest BCUT2D eigenvalue weighted by Crippen LogP contribution is -3.00. The maximum absolute atomic E-state index is 14.4. The van der Waals surface area contributed by atoms with Crippen LogP contribution >= 0.6 is 0 Å². The number of fused-ring (bicyclic) bond motifs is 1. The molecule has 466 valence electrons. The Morgan fingerprint density at radius 2 is 1.40 bits per heavy atom. The number of aromatic amines is 2. The van der Waals surface area contributed by atoms with Gasteiger partial charge in [-0.1, -0.05) is 44.2 Å². The van der Waals surface area contributed by atoms with Gasteiger partial charge in [0.25, 0.3) is 0 Å². The number of amides is 11. The molecule has 86 heavy (non-hydrogen) atoms. The number of hydrogen-bond donors (Lipinski definition) is 16. The molecule has 0 aliphatic carbocycles. The number of likely N-dealkylation sites (tertiary alicyclic amines) is 1. The zero-order chi connectivity index (χ0) is 61.7. The monoisotopic (exact) mass is 1220 g/mol. The van der Waals surface area contributed by atoms with E-state index in [9.17, 15) is 63.0 Å². The third-order valence-electron chi connectivity index (χ3n) is 14.1. The number of aromatic nitrogens is 3. The summed E-state index contributed by atoms with van der Waals surface area (Å²) in [6.07, 6.45) is 5.24. The number of aliphatic hydroxyl groups excluding tert-OH is 1. The van der Waals surface area contributed by atoms with Crippen molar-refractivity contribution in [2.24, 2.45) is 28.1 Å². The number of halogens is 1. The smallest absolute Gasteiger partial charge is 1.00 e. The molecule has 6 rings (SSSR count). The minimum Gasteiger partial charge on any atom is -1.00 e. The summed E-state index contributed by atoms with van der Waals surface area (Å²) in [5.74, 6) is -8.86. The van der Waals surface area contributed by atoms with Gasteiger partial charge >= 0.3 is 1.43 Å². The van der Waals surface area contributed by atoms with Gasteiger partial charge in [-0.3, -0.25) is 57.7 Å². The number of nitrogens with zero attached hydrogens (tertiary/aromatic N) is 3. The van der Waals surface area contributed by atoms with Gasteiger partial charge in [0.2, 0.25) is 65.0 Å². The van der Waals surface area contributed by atoms with E-state index in [0.29, 0.717) is 34.1 Å². The Labute approximate surface area is 501 Å². The van der Waals surface area contributed by atoms with Gasteiger partial charge in [-0.25, -0.2) is 4.98 Å². The summed E-state index contributed by atoms with van der Waals surface area (Å²) in [7, 11) is 0. The summed E-state index contributed by atoms with van der Waals surface area (Å²) < 4.78 is 0. The van der Waals surface area contributed by atoms with Crippen LogP contribution in [0, 0.1) is 5.92 Å². The Morgan fingerprint density at radius 1 is 0.744 bits per heavy atom. The van der Waals surface area contributed by atoms with Crippen LogP contribution in [0.25, 0.3) is 10.9 Å². The van der Waals surface area contributed by atoms with Crippen LogP contribution in [0.4, 0.5) is 0 Å². The number of carbonyl (C=O) groups is 11. The Balaban J connectivity index is 0.00000810. The second kappa shape index (κ2) is 32.7. The normalized spacial score (nSPS) is 16.6. The van der Waals surface area contributed by atoms with E-state index in [4.69, 9.17) is 17.2 Å². The molecule has 0 spiro atoms. The van der Waals surface area contributed by atoms with E-state index in [2.05, 4.69) is 67.8 Å². The van der Waals surface area contributed by atoms with Crippen LogP contribution in [0.2, 0.25) is 0 Å². The van der Waals surface area contributed by atoms with Gasteiger partial charge in [0.1, 0.15) is 54.1 Å². The molecule has 2 aromatic carbocycles. The highest BCUT2D eigenvalue weighted by atomic mass is 35.5. The van der Waals surface area contributed by atoms with E-state index in [1.54, 1.807) is 44.3 Å². The minimum atomic E-state index is -1.76. The third kappa shape index (κ3) is 20.2. The van der Waals surface area contributed by atoms with Crippen LogP contribution in [0.5, 0.6) is 5.75 Å². The molecule has 2 aromatic heterocycles. The fourth-order valence-electron chi connectivity index (χ4n) is 9.79. The summed E-state index contributed by atoms with van der Waals surface area (Å²) in [5.41, 5.74) is 18.3. The fraction of sp³-hybridized carbons (Fsp3) is 0.473. The largest absolute Gasteiger partial charge is 1.00 e. The van der Waals surface area contributed by atoms with E-state index in [-0.39, 0.29) is 108 Å². The van der Waals surface area contributed by atoms with Crippen LogP contribution in [-0.4, -0.2) is 182 Å². The fourth-order valence-corrected chi connectivity index (χ4v) is 9.79. The predicted octanol–water partition coefficient (Wildman–Crippen LogP) is -7.27. The summed E-state index contributed by atoms with van der Waals surface area (Å²) in [4.78, 5) is 164. The van der Waals surface area contributed by atoms with Crippen molar-refractivity contribution in [1.82, 2.24) is 67.7 Å². The Bertz CT molecular complexity index is 3070. The number of imidazole rings is 1. The number of para-hydroxylation sites is 1.